The van der Waals surface area contributed by atoms with Gasteiger partial charge in [-0.2, -0.15) is 0 Å². The molecule has 2 N–H and O–H groups in total. The zero-order valence-corrected chi connectivity index (χ0v) is 13.5. The fourth-order valence-corrected chi connectivity index (χ4v) is 3.91. The topological polar surface area (TPSA) is 44.4 Å². The van der Waals surface area contributed by atoms with Gasteiger partial charge in [-0.1, -0.05) is 13.0 Å². The van der Waals surface area contributed by atoms with Crippen molar-refractivity contribution in [2.75, 3.05) is 32.7 Å². The molecule has 1 aromatic heterocycles. The highest BCUT2D eigenvalue weighted by atomic mass is 32.1. The molecule has 2 saturated heterocycles. The van der Waals surface area contributed by atoms with Gasteiger partial charge in [-0.05, 0) is 43.3 Å². The molecule has 2 aliphatic rings. The quantitative estimate of drug-likeness (QED) is 0.873. The average Bonchev–Trinajstić information content (AvgIpc) is 2.93. The Morgan fingerprint density at radius 1 is 1.48 bits per heavy atom. The van der Waals surface area contributed by atoms with E-state index < -0.39 is 0 Å². The Hall–Kier alpha value is -0.910. The maximum atomic E-state index is 12.1. The van der Waals surface area contributed by atoms with E-state index in [1.54, 1.807) is 11.3 Å². The number of thiophene rings is 1. The molecule has 5 heteroatoms. The van der Waals surface area contributed by atoms with E-state index in [-0.39, 0.29) is 11.8 Å². The van der Waals surface area contributed by atoms with Crippen molar-refractivity contribution in [2.45, 2.75) is 25.8 Å². The number of hydrogen-bond acceptors (Lipinski definition) is 4. The van der Waals surface area contributed by atoms with E-state index >= 15 is 0 Å². The van der Waals surface area contributed by atoms with E-state index in [0.29, 0.717) is 6.04 Å². The van der Waals surface area contributed by atoms with Crippen LogP contribution in [0.25, 0.3) is 0 Å². The van der Waals surface area contributed by atoms with Gasteiger partial charge in [0.25, 0.3) is 0 Å². The first kappa shape index (κ1) is 15.0. The van der Waals surface area contributed by atoms with Crippen molar-refractivity contribution in [1.82, 2.24) is 15.5 Å². The summed E-state index contributed by atoms with van der Waals surface area (Å²) in [7, 11) is 0. The third kappa shape index (κ3) is 3.65. The molecule has 2 aliphatic heterocycles. The van der Waals surface area contributed by atoms with Crippen molar-refractivity contribution in [1.29, 1.82) is 0 Å². The van der Waals surface area contributed by atoms with Gasteiger partial charge in [0, 0.05) is 24.5 Å². The largest absolute Gasteiger partial charge is 0.354 e. The maximum absolute atomic E-state index is 12.1. The van der Waals surface area contributed by atoms with Gasteiger partial charge in [-0.15, -0.1) is 11.3 Å². The Morgan fingerprint density at radius 3 is 2.81 bits per heavy atom. The Morgan fingerprint density at radius 2 is 2.24 bits per heavy atom. The molecule has 0 saturated carbocycles. The van der Waals surface area contributed by atoms with E-state index in [9.17, 15) is 4.79 Å². The average molecular weight is 307 g/mol. The first-order valence-electron chi connectivity index (χ1n) is 8.00. The highest BCUT2D eigenvalue weighted by Gasteiger charge is 2.28. The molecule has 3 rings (SSSR count). The number of hydrogen-bond donors (Lipinski definition) is 2. The zero-order chi connectivity index (χ0) is 14.7. The van der Waals surface area contributed by atoms with Crippen molar-refractivity contribution in [3.05, 3.63) is 22.4 Å². The van der Waals surface area contributed by atoms with Gasteiger partial charge >= 0.3 is 0 Å². The van der Waals surface area contributed by atoms with Gasteiger partial charge in [0.1, 0.15) is 0 Å². The standard InChI is InChI=1S/C16H25N3OS/c1-12-4-6-19(7-5-12)14(15-3-2-8-21-15)11-18-16(20)13-9-17-10-13/h2-3,8,12-14,17H,4-7,9-11H2,1H3,(H,18,20). The predicted octanol–water partition coefficient (Wildman–Crippen LogP) is 1.86. The number of nitrogens with one attached hydrogen (secondary N) is 2. The minimum Gasteiger partial charge on any atom is -0.354 e. The lowest BCUT2D eigenvalue weighted by molar-refractivity contribution is -0.126. The van der Waals surface area contributed by atoms with Crippen LogP contribution >= 0.6 is 11.3 Å². The van der Waals surface area contributed by atoms with Crippen molar-refractivity contribution in [3.63, 3.8) is 0 Å². The smallest absolute Gasteiger partial charge is 0.225 e. The van der Waals surface area contributed by atoms with Crippen molar-refractivity contribution >= 4 is 17.2 Å². The number of piperidine rings is 1. The zero-order valence-electron chi connectivity index (χ0n) is 12.7. The molecule has 2 fully saturated rings. The molecule has 4 nitrogen and oxygen atoms in total. The van der Waals surface area contributed by atoms with E-state index in [1.165, 1.54) is 17.7 Å². The lowest BCUT2D eigenvalue weighted by Crippen LogP contribution is -2.52. The summed E-state index contributed by atoms with van der Waals surface area (Å²) in [4.78, 5) is 16.0. The summed E-state index contributed by atoms with van der Waals surface area (Å²) in [6.45, 7) is 7.02. The maximum Gasteiger partial charge on any atom is 0.225 e. The number of nitrogens with zero attached hydrogens (tertiary/aromatic N) is 1. The monoisotopic (exact) mass is 307 g/mol. The van der Waals surface area contributed by atoms with Crippen molar-refractivity contribution in [3.8, 4) is 0 Å². The van der Waals surface area contributed by atoms with Crippen molar-refractivity contribution < 1.29 is 4.79 Å². The van der Waals surface area contributed by atoms with E-state index in [1.807, 2.05) is 0 Å². The molecular formula is C16H25N3OS. The highest BCUT2D eigenvalue weighted by Crippen LogP contribution is 2.29. The fraction of sp³-hybridized carbons (Fsp3) is 0.688. The van der Waals surface area contributed by atoms with Crippen LogP contribution in [0.2, 0.25) is 0 Å². The van der Waals surface area contributed by atoms with Gasteiger partial charge in [0.05, 0.1) is 12.0 Å². The molecule has 0 aliphatic carbocycles. The number of amides is 1. The molecule has 1 atom stereocenters. The normalized spacial score (nSPS) is 22.7. The summed E-state index contributed by atoms with van der Waals surface area (Å²) in [5, 5.41) is 8.46. The van der Waals surface area contributed by atoms with Crippen LogP contribution in [-0.4, -0.2) is 43.5 Å². The Balaban J connectivity index is 1.60. The number of likely N-dealkylation sites (tertiary alicyclic amines) is 1. The molecule has 1 unspecified atom stereocenters. The summed E-state index contributed by atoms with van der Waals surface area (Å²) in [6.07, 6.45) is 2.53. The summed E-state index contributed by atoms with van der Waals surface area (Å²) in [5.41, 5.74) is 0. The van der Waals surface area contributed by atoms with Crippen LogP contribution in [0.4, 0.5) is 0 Å². The summed E-state index contributed by atoms with van der Waals surface area (Å²) in [6, 6.07) is 4.65. The van der Waals surface area contributed by atoms with Gasteiger partial charge < -0.3 is 10.6 Å². The second-order valence-corrected chi connectivity index (χ2v) is 7.33. The van der Waals surface area contributed by atoms with Gasteiger partial charge in [-0.25, -0.2) is 0 Å². The van der Waals surface area contributed by atoms with Crippen LogP contribution in [0.1, 0.15) is 30.7 Å². The van der Waals surface area contributed by atoms with Crippen LogP contribution in [-0.2, 0) is 4.79 Å². The minimum atomic E-state index is 0.176. The van der Waals surface area contributed by atoms with Crippen LogP contribution in [0.3, 0.4) is 0 Å². The predicted molar refractivity (Wildman–Crippen MR) is 86.4 cm³/mol. The molecular weight excluding hydrogens is 282 g/mol. The molecule has 3 heterocycles. The van der Waals surface area contributed by atoms with E-state index in [4.69, 9.17) is 0 Å². The second-order valence-electron chi connectivity index (χ2n) is 6.35. The third-order valence-corrected chi connectivity index (χ3v) is 5.73. The Kier molecular flexibility index (Phi) is 4.93. The third-order valence-electron chi connectivity index (χ3n) is 4.75. The molecule has 0 bridgehead atoms. The van der Waals surface area contributed by atoms with Crippen LogP contribution in [0.5, 0.6) is 0 Å². The Bertz CT molecular complexity index is 450. The second kappa shape index (κ2) is 6.90. The van der Waals surface area contributed by atoms with Crippen LogP contribution in [0, 0.1) is 11.8 Å². The molecule has 0 radical (unpaired) electrons. The lowest BCUT2D eigenvalue weighted by Gasteiger charge is -2.37. The van der Waals surface area contributed by atoms with Gasteiger partial charge in [0.15, 0.2) is 0 Å². The van der Waals surface area contributed by atoms with Crippen molar-refractivity contribution in [2.24, 2.45) is 11.8 Å². The number of carbonyl (C=O) groups is 1. The summed E-state index contributed by atoms with van der Waals surface area (Å²) in [5.74, 6) is 1.22. The lowest BCUT2D eigenvalue weighted by atomic mass is 9.97. The first-order valence-corrected chi connectivity index (χ1v) is 8.88. The summed E-state index contributed by atoms with van der Waals surface area (Å²) < 4.78 is 0. The van der Waals surface area contributed by atoms with Gasteiger partial charge in [0.2, 0.25) is 5.91 Å². The molecule has 0 spiro atoms. The highest BCUT2D eigenvalue weighted by molar-refractivity contribution is 7.10. The molecule has 1 amide bonds. The molecule has 116 valence electrons. The Labute approximate surface area is 130 Å². The molecule has 21 heavy (non-hydrogen) atoms. The van der Waals surface area contributed by atoms with E-state index in [2.05, 4.69) is 40.0 Å². The molecule has 0 aromatic carbocycles. The van der Waals surface area contributed by atoms with Crippen LogP contribution in [0.15, 0.2) is 17.5 Å². The number of carbonyl (C=O) groups excluding carboxylic acids is 1. The van der Waals surface area contributed by atoms with E-state index in [0.717, 1.165) is 38.6 Å². The summed E-state index contributed by atoms with van der Waals surface area (Å²) >= 11 is 1.80. The first-order chi connectivity index (χ1) is 10.2. The SMILES string of the molecule is CC1CCN(C(CNC(=O)C2CNC2)c2cccs2)CC1. The fourth-order valence-electron chi connectivity index (χ4n) is 3.05. The number of rotatable bonds is 5. The molecule has 1 aromatic rings. The van der Waals surface area contributed by atoms with Gasteiger partial charge in [-0.3, -0.25) is 9.69 Å². The van der Waals surface area contributed by atoms with Crippen LogP contribution < -0.4 is 10.6 Å². The minimum absolute atomic E-state index is 0.176.